The van der Waals surface area contributed by atoms with Crippen LogP contribution < -0.4 is 4.74 Å². The van der Waals surface area contributed by atoms with Gasteiger partial charge in [0, 0.05) is 19.2 Å². The molecule has 2 aromatic heterocycles. The summed E-state index contributed by atoms with van der Waals surface area (Å²) in [4.78, 5) is 7.09. The number of fused-ring (bicyclic) bond motifs is 1. The molecule has 3 aromatic rings. The molecule has 1 aromatic carbocycles. The second-order valence-corrected chi connectivity index (χ2v) is 6.15. The van der Waals surface area contributed by atoms with Gasteiger partial charge in [-0.05, 0) is 50.3 Å². The molecule has 0 aliphatic rings. The largest absolute Gasteiger partial charge is 0.497 e. The summed E-state index contributed by atoms with van der Waals surface area (Å²) < 4.78 is 7.45. The van der Waals surface area contributed by atoms with Crippen molar-refractivity contribution in [3.63, 3.8) is 0 Å². The van der Waals surface area contributed by atoms with Crippen LogP contribution in [0.25, 0.3) is 5.65 Å². The number of aromatic nitrogens is 2. The van der Waals surface area contributed by atoms with Crippen LogP contribution in [-0.4, -0.2) is 35.5 Å². The Morgan fingerprint density at radius 2 is 1.87 bits per heavy atom. The standard InChI is InChI=1S/C19H23N3O/c1-14-6-5-11-22-18(13-21(2)3)17(20-19(14)22)12-15-7-9-16(23-4)10-8-15/h5-11H,12-13H2,1-4H3. The lowest BCUT2D eigenvalue weighted by Gasteiger charge is -2.11. The zero-order valence-electron chi connectivity index (χ0n) is 14.2. The van der Waals surface area contributed by atoms with Crippen LogP contribution in [0.1, 0.15) is 22.5 Å². The molecule has 0 aliphatic carbocycles. The molecule has 0 amide bonds. The molecule has 4 heteroatoms. The van der Waals surface area contributed by atoms with Crippen molar-refractivity contribution in [1.29, 1.82) is 0 Å². The van der Waals surface area contributed by atoms with E-state index >= 15 is 0 Å². The summed E-state index contributed by atoms with van der Waals surface area (Å²) in [5.74, 6) is 0.883. The van der Waals surface area contributed by atoms with Gasteiger partial charge in [0.15, 0.2) is 0 Å². The summed E-state index contributed by atoms with van der Waals surface area (Å²) in [5, 5.41) is 0. The van der Waals surface area contributed by atoms with Crippen LogP contribution in [0, 0.1) is 6.92 Å². The molecule has 0 fully saturated rings. The van der Waals surface area contributed by atoms with Crippen molar-refractivity contribution in [3.05, 3.63) is 65.1 Å². The first-order valence-electron chi connectivity index (χ1n) is 7.81. The molecule has 0 saturated heterocycles. The van der Waals surface area contributed by atoms with E-state index in [1.165, 1.54) is 16.8 Å². The fourth-order valence-electron chi connectivity index (χ4n) is 2.85. The van der Waals surface area contributed by atoms with Crippen molar-refractivity contribution in [2.75, 3.05) is 21.2 Å². The molecule has 0 bridgehead atoms. The van der Waals surface area contributed by atoms with Gasteiger partial charge < -0.3 is 14.0 Å². The highest BCUT2D eigenvalue weighted by Crippen LogP contribution is 2.21. The maximum absolute atomic E-state index is 5.23. The van der Waals surface area contributed by atoms with E-state index < -0.39 is 0 Å². The number of imidazole rings is 1. The third-order valence-electron chi connectivity index (χ3n) is 4.02. The van der Waals surface area contributed by atoms with Crippen LogP contribution in [0.2, 0.25) is 0 Å². The van der Waals surface area contributed by atoms with Crippen LogP contribution in [0.3, 0.4) is 0 Å². The first-order valence-corrected chi connectivity index (χ1v) is 7.81. The number of benzene rings is 1. The molecule has 23 heavy (non-hydrogen) atoms. The lowest BCUT2D eigenvalue weighted by molar-refractivity contribution is 0.394. The van der Waals surface area contributed by atoms with Gasteiger partial charge >= 0.3 is 0 Å². The molecule has 4 nitrogen and oxygen atoms in total. The van der Waals surface area contributed by atoms with Gasteiger partial charge in [0.1, 0.15) is 11.4 Å². The quantitative estimate of drug-likeness (QED) is 0.724. The normalized spacial score (nSPS) is 11.3. The monoisotopic (exact) mass is 309 g/mol. The van der Waals surface area contributed by atoms with Gasteiger partial charge in [0.25, 0.3) is 0 Å². The van der Waals surface area contributed by atoms with Crippen LogP contribution in [-0.2, 0) is 13.0 Å². The van der Waals surface area contributed by atoms with Gasteiger partial charge in [0.05, 0.1) is 18.5 Å². The van der Waals surface area contributed by atoms with Crippen LogP contribution >= 0.6 is 0 Å². The molecule has 0 saturated carbocycles. The summed E-state index contributed by atoms with van der Waals surface area (Å²) >= 11 is 0. The van der Waals surface area contributed by atoms with E-state index in [1.807, 2.05) is 12.1 Å². The third kappa shape index (κ3) is 3.22. The van der Waals surface area contributed by atoms with Crippen molar-refractivity contribution in [1.82, 2.24) is 14.3 Å². The number of aryl methyl sites for hydroxylation is 1. The highest BCUT2D eigenvalue weighted by atomic mass is 16.5. The molecule has 0 spiro atoms. The minimum absolute atomic E-state index is 0.828. The fourth-order valence-corrected chi connectivity index (χ4v) is 2.85. The molecule has 2 heterocycles. The number of methoxy groups -OCH3 is 1. The average Bonchev–Trinajstić information content (AvgIpc) is 2.87. The highest BCUT2D eigenvalue weighted by molar-refractivity contribution is 5.51. The molecule has 3 rings (SSSR count). The average molecular weight is 309 g/mol. The smallest absolute Gasteiger partial charge is 0.140 e. The number of hydrogen-bond donors (Lipinski definition) is 0. The molecule has 0 radical (unpaired) electrons. The maximum atomic E-state index is 5.23. The van der Waals surface area contributed by atoms with E-state index in [2.05, 4.69) is 60.8 Å². The van der Waals surface area contributed by atoms with Gasteiger partial charge in [-0.2, -0.15) is 0 Å². The Bertz CT molecular complexity index is 803. The summed E-state index contributed by atoms with van der Waals surface area (Å²) in [5.41, 5.74) is 5.89. The zero-order chi connectivity index (χ0) is 16.4. The number of rotatable bonds is 5. The van der Waals surface area contributed by atoms with Crippen LogP contribution in [0.15, 0.2) is 42.6 Å². The van der Waals surface area contributed by atoms with E-state index in [0.29, 0.717) is 0 Å². The van der Waals surface area contributed by atoms with Crippen molar-refractivity contribution < 1.29 is 4.74 Å². The van der Waals surface area contributed by atoms with Crippen molar-refractivity contribution in [2.45, 2.75) is 19.9 Å². The molecular weight excluding hydrogens is 286 g/mol. The fraction of sp³-hybridized carbons (Fsp3) is 0.316. The molecule has 120 valence electrons. The molecule has 0 atom stereocenters. The Labute approximate surface area is 137 Å². The second-order valence-electron chi connectivity index (χ2n) is 6.15. The lowest BCUT2D eigenvalue weighted by atomic mass is 10.1. The predicted octanol–water partition coefficient (Wildman–Crippen LogP) is 3.30. The van der Waals surface area contributed by atoms with Gasteiger partial charge in [-0.25, -0.2) is 4.98 Å². The maximum Gasteiger partial charge on any atom is 0.140 e. The molecule has 0 aliphatic heterocycles. The molecular formula is C19H23N3O. The first kappa shape index (κ1) is 15.6. The molecule has 0 unspecified atom stereocenters. The number of ether oxygens (including phenoxy) is 1. The lowest BCUT2D eigenvalue weighted by Crippen LogP contribution is -2.14. The predicted molar refractivity (Wildman–Crippen MR) is 93.1 cm³/mol. The number of pyridine rings is 1. The number of nitrogens with zero attached hydrogens (tertiary/aromatic N) is 3. The Balaban J connectivity index is 2.02. The second kappa shape index (κ2) is 6.42. The Kier molecular flexibility index (Phi) is 4.35. The Hall–Kier alpha value is -2.33. The number of hydrogen-bond acceptors (Lipinski definition) is 3. The van der Waals surface area contributed by atoms with Gasteiger partial charge in [-0.1, -0.05) is 18.2 Å². The Morgan fingerprint density at radius 3 is 2.52 bits per heavy atom. The summed E-state index contributed by atoms with van der Waals surface area (Å²) in [6.07, 6.45) is 2.93. The SMILES string of the molecule is COc1ccc(Cc2nc3c(C)cccn3c2CN(C)C)cc1. The van der Waals surface area contributed by atoms with Crippen molar-refractivity contribution in [2.24, 2.45) is 0 Å². The topological polar surface area (TPSA) is 29.8 Å². The van der Waals surface area contributed by atoms with Gasteiger partial charge in [-0.15, -0.1) is 0 Å². The van der Waals surface area contributed by atoms with Crippen LogP contribution in [0.4, 0.5) is 0 Å². The first-order chi connectivity index (χ1) is 11.1. The Morgan fingerprint density at radius 1 is 1.13 bits per heavy atom. The minimum atomic E-state index is 0.828. The molecule has 0 N–H and O–H groups in total. The minimum Gasteiger partial charge on any atom is -0.497 e. The van der Waals surface area contributed by atoms with Gasteiger partial charge in [-0.3, -0.25) is 0 Å². The van der Waals surface area contributed by atoms with Crippen LogP contribution in [0.5, 0.6) is 5.75 Å². The van der Waals surface area contributed by atoms with Crippen molar-refractivity contribution in [3.8, 4) is 5.75 Å². The van der Waals surface area contributed by atoms with E-state index in [9.17, 15) is 0 Å². The van der Waals surface area contributed by atoms with E-state index in [4.69, 9.17) is 9.72 Å². The van der Waals surface area contributed by atoms with E-state index in [1.54, 1.807) is 7.11 Å². The summed E-state index contributed by atoms with van der Waals surface area (Å²) in [6, 6.07) is 12.4. The third-order valence-corrected chi connectivity index (χ3v) is 4.02. The zero-order valence-corrected chi connectivity index (χ0v) is 14.2. The van der Waals surface area contributed by atoms with E-state index in [0.717, 1.165) is 30.1 Å². The summed E-state index contributed by atoms with van der Waals surface area (Å²) in [6.45, 7) is 2.98. The summed E-state index contributed by atoms with van der Waals surface area (Å²) in [7, 11) is 5.87. The highest BCUT2D eigenvalue weighted by Gasteiger charge is 2.14. The van der Waals surface area contributed by atoms with Gasteiger partial charge in [0.2, 0.25) is 0 Å². The van der Waals surface area contributed by atoms with E-state index in [-0.39, 0.29) is 0 Å². The van der Waals surface area contributed by atoms with Crippen molar-refractivity contribution >= 4 is 5.65 Å².